The molecule has 43 heavy (non-hydrogen) atoms. The number of Topliss-reactive ketones (excluding diaryl/α,β-unsaturated/α-hetero) is 2. The molecule has 1 atom stereocenters. The second-order valence-corrected chi connectivity index (χ2v) is 10.0. The van der Waals surface area contributed by atoms with E-state index >= 15 is 0 Å². The van der Waals surface area contributed by atoms with E-state index in [9.17, 15) is 50.1 Å². The zero-order valence-corrected chi connectivity index (χ0v) is 23.4. The first-order valence-corrected chi connectivity index (χ1v) is 13.2. The van der Waals surface area contributed by atoms with Crippen molar-refractivity contribution in [2.24, 2.45) is 0 Å². The Labute approximate surface area is 244 Å². The summed E-state index contributed by atoms with van der Waals surface area (Å²) in [6, 6.07) is 6.03. The van der Waals surface area contributed by atoms with E-state index in [1.165, 1.54) is 6.07 Å². The third-order valence-electron chi connectivity index (χ3n) is 7.53. The van der Waals surface area contributed by atoms with Gasteiger partial charge in [0, 0.05) is 11.1 Å². The van der Waals surface area contributed by atoms with Gasteiger partial charge < -0.3 is 50.0 Å². The smallest absolute Gasteiger partial charge is 0.335 e. The molecule has 0 saturated carbocycles. The standard InChI is InChI=1S/C30H30O13/c1-4-29(5-2,42-21-12-16(28(39)40)10-19(33)24(21)36)26(37)15-9-20(34)25-22(11-15)43-30(6-3,13-41-25)27(38)14-7-17(31)23(35)18(32)8-14/h7-12,31-36H,4-6,13H2,1-3H3,(H,39,40). The molecule has 1 heterocycles. The molecule has 0 amide bonds. The van der Waals surface area contributed by atoms with E-state index in [0.717, 1.165) is 30.3 Å². The van der Waals surface area contributed by atoms with Crippen LogP contribution >= 0.6 is 0 Å². The van der Waals surface area contributed by atoms with Gasteiger partial charge in [0.25, 0.3) is 0 Å². The van der Waals surface area contributed by atoms with Gasteiger partial charge in [0.15, 0.2) is 45.8 Å². The number of phenolic OH excluding ortho intramolecular Hbond substituents is 6. The minimum Gasteiger partial charge on any atom is -0.504 e. The van der Waals surface area contributed by atoms with E-state index in [1.807, 2.05) is 0 Å². The van der Waals surface area contributed by atoms with Crippen molar-refractivity contribution >= 4 is 17.5 Å². The Morgan fingerprint density at radius 1 is 0.791 bits per heavy atom. The molecule has 0 saturated heterocycles. The largest absolute Gasteiger partial charge is 0.504 e. The third kappa shape index (κ3) is 5.25. The number of hydrogen-bond acceptors (Lipinski definition) is 12. The Bertz CT molecular complexity index is 1600. The van der Waals surface area contributed by atoms with Crippen molar-refractivity contribution in [3.8, 4) is 51.7 Å². The average Bonchev–Trinajstić information content (AvgIpc) is 2.99. The Kier molecular flexibility index (Phi) is 7.95. The number of carboxylic acid groups (broad SMARTS) is 1. The van der Waals surface area contributed by atoms with Crippen LogP contribution in [0.15, 0.2) is 36.4 Å². The fourth-order valence-corrected chi connectivity index (χ4v) is 4.84. The van der Waals surface area contributed by atoms with E-state index in [-0.39, 0.29) is 48.5 Å². The summed E-state index contributed by atoms with van der Waals surface area (Å²) in [6.07, 6.45) is 0.0484. The lowest BCUT2D eigenvalue weighted by molar-refractivity contribution is -0.00110. The highest BCUT2D eigenvalue weighted by Crippen LogP contribution is 2.47. The van der Waals surface area contributed by atoms with Crippen molar-refractivity contribution in [1.82, 2.24) is 0 Å². The Morgan fingerprint density at radius 3 is 1.91 bits per heavy atom. The number of ether oxygens (including phenoxy) is 3. The third-order valence-corrected chi connectivity index (χ3v) is 7.53. The summed E-state index contributed by atoms with van der Waals surface area (Å²) in [4.78, 5) is 39.0. The van der Waals surface area contributed by atoms with Crippen LogP contribution in [0, 0.1) is 0 Å². The number of aromatic carboxylic acids is 1. The Hall–Kier alpha value is -5.33. The quantitative estimate of drug-likeness (QED) is 0.128. The highest BCUT2D eigenvalue weighted by atomic mass is 16.6. The SMILES string of the molecule is CCC(CC)(Oc1cc(C(=O)O)cc(O)c1O)C(=O)c1cc(O)c2c(c1)OC(CC)(C(=O)c1cc(O)c(O)c(O)c1)CO2. The van der Waals surface area contributed by atoms with Gasteiger partial charge in [-0.05, 0) is 55.7 Å². The Balaban J connectivity index is 1.74. The van der Waals surface area contributed by atoms with Gasteiger partial charge in [0.2, 0.25) is 28.7 Å². The molecule has 1 aliphatic rings. The molecule has 3 aromatic rings. The number of aromatic hydroxyl groups is 6. The van der Waals surface area contributed by atoms with Crippen LogP contribution in [0.1, 0.15) is 71.1 Å². The predicted octanol–water partition coefficient (Wildman–Crippen LogP) is 4.24. The van der Waals surface area contributed by atoms with E-state index in [1.54, 1.807) is 20.8 Å². The van der Waals surface area contributed by atoms with Gasteiger partial charge in [-0.15, -0.1) is 0 Å². The highest BCUT2D eigenvalue weighted by molar-refractivity contribution is 6.05. The number of ketones is 2. The van der Waals surface area contributed by atoms with E-state index in [4.69, 9.17) is 14.2 Å². The molecule has 7 N–H and O–H groups in total. The number of rotatable bonds is 10. The molecule has 0 aromatic heterocycles. The first-order chi connectivity index (χ1) is 20.2. The summed E-state index contributed by atoms with van der Waals surface area (Å²) in [7, 11) is 0. The monoisotopic (exact) mass is 598 g/mol. The minimum absolute atomic E-state index is 0.0141. The number of benzene rings is 3. The summed E-state index contributed by atoms with van der Waals surface area (Å²) in [5, 5.41) is 70.0. The van der Waals surface area contributed by atoms with Crippen molar-refractivity contribution in [3.63, 3.8) is 0 Å². The van der Waals surface area contributed by atoms with Gasteiger partial charge in [0.05, 0.1) is 5.56 Å². The van der Waals surface area contributed by atoms with E-state index < -0.39 is 74.5 Å². The van der Waals surface area contributed by atoms with Crippen molar-refractivity contribution in [2.75, 3.05) is 6.61 Å². The molecule has 0 aliphatic carbocycles. The lowest BCUT2D eigenvalue weighted by Crippen LogP contribution is -2.51. The normalized spacial score (nSPS) is 16.0. The topological polar surface area (TPSA) is 221 Å². The lowest BCUT2D eigenvalue weighted by atomic mass is 9.86. The number of fused-ring (bicyclic) bond motifs is 1. The molecule has 13 nitrogen and oxygen atoms in total. The van der Waals surface area contributed by atoms with Crippen LogP contribution < -0.4 is 14.2 Å². The summed E-state index contributed by atoms with van der Waals surface area (Å²) in [6.45, 7) is 4.46. The predicted molar refractivity (Wildman–Crippen MR) is 148 cm³/mol. The van der Waals surface area contributed by atoms with Crippen molar-refractivity contribution in [3.05, 3.63) is 53.1 Å². The van der Waals surface area contributed by atoms with E-state index in [0.29, 0.717) is 0 Å². The second-order valence-electron chi connectivity index (χ2n) is 10.0. The molecular formula is C30H30O13. The van der Waals surface area contributed by atoms with Crippen LogP contribution in [0.5, 0.6) is 51.7 Å². The van der Waals surface area contributed by atoms with Crippen molar-refractivity contribution < 1.29 is 64.3 Å². The molecule has 228 valence electrons. The molecule has 1 aliphatic heterocycles. The fraction of sp³-hybridized carbons (Fsp3) is 0.300. The van der Waals surface area contributed by atoms with Gasteiger partial charge in [-0.2, -0.15) is 0 Å². The summed E-state index contributed by atoms with van der Waals surface area (Å²) in [5.74, 6) is -7.93. The first kappa shape index (κ1) is 30.6. The maximum atomic E-state index is 13.9. The maximum absolute atomic E-state index is 13.9. The molecule has 0 radical (unpaired) electrons. The minimum atomic E-state index is -1.72. The zero-order chi connectivity index (χ0) is 31.9. The number of carboxylic acids is 1. The van der Waals surface area contributed by atoms with Crippen molar-refractivity contribution in [1.29, 1.82) is 0 Å². The van der Waals surface area contributed by atoms with Gasteiger partial charge in [0.1, 0.15) is 6.61 Å². The van der Waals surface area contributed by atoms with Crippen LogP contribution in [0.4, 0.5) is 0 Å². The average molecular weight is 599 g/mol. The molecule has 0 bridgehead atoms. The number of carbonyl (C=O) groups excluding carboxylic acids is 2. The Morgan fingerprint density at radius 2 is 1.35 bits per heavy atom. The highest BCUT2D eigenvalue weighted by Gasteiger charge is 2.46. The molecule has 1 unspecified atom stereocenters. The maximum Gasteiger partial charge on any atom is 0.335 e. The number of carbonyl (C=O) groups is 3. The lowest BCUT2D eigenvalue weighted by Gasteiger charge is -2.37. The molecule has 4 rings (SSSR count). The van der Waals surface area contributed by atoms with Gasteiger partial charge in [-0.25, -0.2) is 4.79 Å². The summed E-state index contributed by atoms with van der Waals surface area (Å²) in [5.41, 5.74) is -4.17. The zero-order valence-electron chi connectivity index (χ0n) is 23.4. The number of phenols is 6. The number of hydrogen-bond donors (Lipinski definition) is 7. The summed E-state index contributed by atoms with van der Waals surface area (Å²) < 4.78 is 17.6. The molecule has 13 heteroatoms. The van der Waals surface area contributed by atoms with Crippen LogP contribution in [0.2, 0.25) is 0 Å². The van der Waals surface area contributed by atoms with Crippen LogP contribution in [-0.2, 0) is 0 Å². The second kappa shape index (κ2) is 11.2. The molecular weight excluding hydrogens is 568 g/mol. The van der Waals surface area contributed by atoms with Crippen LogP contribution in [0.25, 0.3) is 0 Å². The molecule has 3 aromatic carbocycles. The van der Waals surface area contributed by atoms with Gasteiger partial charge >= 0.3 is 5.97 Å². The van der Waals surface area contributed by atoms with Gasteiger partial charge in [-0.3, -0.25) is 9.59 Å². The fourth-order valence-electron chi connectivity index (χ4n) is 4.84. The first-order valence-electron chi connectivity index (χ1n) is 13.2. The van der Waals surface area contributed by atoms with Crippen molar-refractivity contribution in [2.45, 2.75) is 51.2 Å². The molecule has 0 spiro atoms. The molecule has 0 fully saturated rings. The van der Waals surface area contributed by atoms with Crippen LogP contribution in [0.3, 0.4) is 0 Å². The summed E-state index contributed by atoms with van der Waals surface area (Å²) >= 11 is 0. The van der Waals surface area contributed by atoms with Gasteiger partial charge in [-0.1, -0.05) is 20.8 Å². The van der Waals surface area contributed by atoms with E-state index in [2.05, 4.69) is 0 Å². The van der Waals surface area contributed by atoms with Crippen LogP contribution in [-0.4, -0.2) is 71.1 Å².